The Balaban J connectivity index is 1.94. The van der Waals surface area contributed by atoms with Gasteiger partial charge < -0.3 is 19.3 Å². The molecule has 1 heterocycles. The third-order valence-electron chi connectivity index (χ3n) is 2.27. The fraction of sp³-hybridized carbons (Fsp3) is 0.538. The van der Waals surface area contributed by atoms with Crippen LogP contribution in [0.3, 0.4) is 0 Å². The van der Waals surface area contributed by atoms with Gasteiger partial charge in [-0.3, -0.25) is 4.68 Å². The highest BCUT2D eigenvalue weighted by Crippen LogP contribution is 1.97. The molecular weight excluding hydrogens is 264 g/mol. The van der Waals surface area contributed by atoms with E-state index >= 15 is 0 Å². The van der Waals surface area contributed by atoms with Crippen LogP contribution < -0.4 is 0 Å². The molecule has 0 bridgehead atoms. The van der Waals surface area contributed by atoms with E-state index < -0.39 is 5.97 Å². The fourth-order valence-electron chi connectivity index (χ4n) is 1.33. The lowest BCUT2D eigenvalue weighted by Gasteiger charge is -2.06. The molecule has 0 fully saturated rings. The minimum absolute atomic E-state index is 0.167. The van der Waals surface area contributed by atoms with E-state index in [1.165, 1.54) is 17.1 Å². The van der Waals surface area contributed by atoms with Gasteiger partial charge in [-0.05, 0) is 0 Å². The summed E-state index contributed by atoms with van der Waals surface area (Å²) in [6.45, 7) is 3.11. The highest BCUT2D eigenvalue weighted by atomic mass is 16.5. The van der Waals surface area contributed by atoms with E-state index in [1.54, 1.807) is 0 Å². The molecule has 0 radical (unpaired) electrons. The van der Waals surface area contributed by atoms with Crippen molar-refractivity contribution in [3.05, 3.63) is 18.0 Å². The highest BCUT2D eigenvalue weighted by molar-refractivity contribution is 5.86. The Hall–Kier alpha value is -1.88. The molecule has 1 N–H and O–H groups in total. The molecular formula is C13H18N2O5. The van der Waals surface area contributed by atoms with Gasteiger partial charge in [-0.25, -0.2) is 4.79 Å². The van der Waals surface area contributed by atoms with Gasteiger partial charge >= 0.3 is 5.97 Å². The maximum atomic E-state index is 10.6. The number of nitrogens with zero attached hydrogens (tertiary/aromatic N) is 2. The number of ether oxygens (including phenoxy) is 3. The summed E-state index contributed by atoms with van der Waals surface area (Å²) < 4.78 is 17.1. The van der Waals surface area contributed by atoms with Crippen molar-refractivity contribution in [2.75, 3.05) is 39.6 Å². The smallest absolute Gasteiger partial charge is 0.338 e. The maximum absolute atomic E-state index is 10.6. The van der Waals surface area contributed by atoms with Crippen LogP contribution in [0.25, 0.3) is 0 Å². The zero-order valence-corrected chi connectivity index (χ0v) is 11.2. The van der Waals surface area contributed by atoms with E-state index in [9.17, 15) is 4.79 Å². The molecule has 7 nitrogen and oxygen atoms in total. The SMILES string of the molecule is C#CCOCCOCCOCCn1cc(C(=O)O)cn1. The summed E-state index contributed by atoms with van der Waals surface area (Å²) in [6, 6.07) is 0. The molecule has 0 amide bonds. The molecule has 0 spiro atoms. The molecule has 1 aromatic heterocycles. The molecule has 0 atom stereocenters. The first-order chi connectivity index (χ1) is 9.74. The summed E-state index contributed by atoms with van der Waals surface area (Å²) in [5.41, 5.74) is 0.167. The van der Waals surface area contributed by atoms with Crippen molar-refractivity contribution >= 4 is 5.97 Å². The van der Waals surface area contributed by atoms with Crippen LogP contribution in [0.4, 0.5) is 0 Å². The number of carbonyl (C=O) groups is 1. The zero-order valence-electron chi connectivity index (χ0n) is 11.2. The number of aromatic carboxylic acids is 1. The van der Waals surface area contributed by atoms with E-state index in [-0.39, 0.29) is 5.56 Å². The Labute approximate surface area is 117 Å². The van der Waals surface area contributed by atoms with Crippen LogP contribution >= 0.6 is 0 Å². The average Bonchev–Trinajstić information content (AvgIpc) is 2.90. The molecule has 0 aliphatic heterocycles. The first-order valence-corrected chi connectivity index (χ1v) is 6.16. The normalized spacial score (nSPS) is 10.3. The van der Waals surface area contributed by atoms with Crippen molar-refractivity contribution in [3.63, 3.8) is 0 Å². The van der Waals surface area contributed by atoms with Crippen molar-refractivity contribution in [2.24, 2.45) is 0 Å². The standard InChI is InChI=1S/C13H18N2O5/c1-2-4-18-6-8-20-9-7-19-5-3-15-11-12(10-14-15)13(16)17/h1,10-11H,3-9H2,(H,16,17). The summed E-state index contributed by atoms with van der Waals surface area (Å²) in [7, 11) is 0. The number of terminal acetylenes is 1. The molecule has 1 rings (SSSR count). The van der Waals surface area contributed by atoms with Gasteiger partial charge in [0.05, 0.1) is 51.3 Å². The highest BCUT2D eigenvalue weighted by Gasteiger charge is 2.05. The largest absolute Gasteiger partial charge is 0.478 e. The van der Waals surface area contributed by atoms with E-state index in [0.717, 1.165) is 0 Å². The number of carboxylic acid groups (broad SMARTS) is 1. The number of aromatic nitrogens is 2. The summed E-state index contributed by atoms with van der Waals surface area (Å²) in [6.07, 6.45) is 7.79. The number of rotatable bonds is 11. The second kappa shape index (κ2) is 9.97. The van der Waals surface area contributed by atoms with E-state index in [4.69, 9.17) is 25.7 Å². The molecule has 7 heteroatoms. The summed E-state index contributed by atoms with van der Waals surface area (Å²) in [4.78, 5) is 10.6. The summed E-state index contributed by atoms with van der Waals surface area (Å²) >= 11 is 0. The predicted molar refractivity (Wildman–Crippen MR) is 70.5 cm³/mol. The molecule has 0 aliphatic carbocycles. The van der Waals surface area contributed by atoms with Crippen molar-refractivity contribution in [1.82, 2.24) is 9.78 Å². The molecule has 20 heavy (non-hydrogen) atoms. The van der Waals surface area contributed by atoms with Crippen LogP contribution in [0.1, 0.15) is 10.4 Å². The Bertz CT molecular complexity index is 438. The van der Waals surface area contributed by atoms with Crippen LogP contribution in [0.5, 0.6) is 0 Å². The minimum atomic E-state index is -0.988. The minimum Gasteiger partial charge on any atom is -0.478 e. The Morgan fingerprint density at radius 1 is 1.25 bits per heavy atom. The first kappa shape index (κ1) is 16.2. The Kier molecular flexibility index (Phi) is 8.07. The summed E-state index contributed by atoms with van der Waals surface area (Å²) in [5.74, 6) is 1.37. The molecule has 0 aliphatic rings. The molecule has 0 saturated heterocycles. The lowest BCUT2D eigenvalue weighted by Crippen LogP contribution is -2.12. The van der Waals surface area contributed by atoms with Crippen molar-refractivity contribution in [3.8, 4) is 12.3 Å². The van der Waals surface area contributed by atoms with Crippen LogP contribution in [-0.4, -0.2) is 60.5 Å². The van der Waals surface area contributed by atoms with Crippen molar-refractivity contribution in [1.29, 1.82) is 0 Å². The number of hydrogen-bond acceptors (Lipinski definition) is 5. The third kappa shape index (κ3) is 6.89. The number of carboxylic acids is 1. The van der Waals surface area contributed by atoms with E-state index in [1.807, 2.05) is 0 Å². The zero-order chi connectivity index (χ0) is 14.6. The first-order valence-electron chi connectivity index (χ1n) is 6.16. The maximum Gasteiger partial charge on any atom is 0.338 e. The Morgan fingerprint density at radius 2 is 1.90 bits per heavy atom. The quantitative estimate of drug-likeness (QED) is 0.463. The van der Waals surface area contributed by atoms with Crippen LogP contribution in [0, 0.1) is 12.3 Å². The lowest BCUT2D eigenvalue weighted by atomic mass is 10.4. The molecule has 0 saturated carbocycles. The van der Waals surface area contributed by atoms with Gasteiger partial charge in [-0.15, -0.1) is 6.42 Å². The van der Waals surface area contributed by atoms with Gasteiger partial charge in [-0.1, -0.05) is 5.92 Å². The molecule has 0 aromatic carbocycles. The Morgan fingerprint density at radius 3 is 2.50 bits per heavy atom. The monoisotopic (exact) mass is 282 g/mol. The topological polar surface area (TPSA) is 82.8 Å². The van der Waals surface area contributed by atoms with Gasteiger partial charge in [-0.2, -0.15) is 5.10 Å². The fourth-order valence-corrected chi connectivity index (χ4v) is 1.33. The van der Waals surface area contributed by atoms with Crippen molar-refractivity contribution < 1.29 is 24.1 Å². The van der Waals surface area contributed by atoms with Crippen LogP contribution in [0.15, 0.2) is 12.4 Å². The van der Waals surface area contributed by atoms with Gasteiger partial charge in [0.15, 0.2) is 0 Å². The van der Waals surface area contributed by atoms with Gasteiger partial charge in [0.1, 0.15) is 6.61 Å². The van der Waals surface area contributed by atoms with E-state index in [2.05, 4.69) is 11.0 Å². The third-order valence-corrected chi connectivity index (χ3v) is 2.27. The van der Waals surface area contributed by atoms with Gasteiger partial charge in [0.25, 0.3) is 0 Å². The molecule has 0 unspecified atom stereocenters. The molecule has 1 aromatic rings. The summed E-state index contributed by atoms with van der Waals surface area (Å²) in [5, 5.41) is 12.6. The van der Waals surface area contributed by atoms with Gasteiger partial charge in [0.2, 0.25) is 0 Å². The van der Waals surface area contributed by atoms with Crippen LogP contribution in [0.2, 0.25) is 0 Å². The van der Waals surface area contributed by atoms with Crippen molar-refractivity contribution in [2.45, 2.75) is 6.54 Å². The lowest BCUT2D eigenvalue weighted by molar-refractivity contribution is 0.0182. The molecule has 110 valence electrons. The van der Waals surface area contributed by atoms with Gasteiger partial charge in [0, 0.05) is 6.20 Å². The second-order valence-corrected chi connectivity index (χ2v) is 3.78. The second-order valence-electron chi connectivity index (χ2n) is 3.78. The van der Waals surface area contributed by atoms with E-state index in [0.29, 0.717) is 46.2 Å². The number of hydrogen-bond donors (Lipinski definition) is 1. The average molecular weight is 282 g/mol. The van der Waals surface area contributed by atoms with Crippen LogP contribution in [-0.2, 0) is 20.8 Å². The predicted octanol–water partition coefficient (Wildman–Crippen LogP) is 0.264.